The van der Waals surface area contributed by atoms with Gasteiger partial charge in [0.1, 0.15) is 0 Å². The van der Waals surface area contributed by atoms with E-state index in [2.05, 4.69) is 10.5 Å². The van der Waals surface area contributed by atoms with E-state index in [-0.39, 0.29) is 11.8 Å². The van der Waals surface area contributed by atoms with Crippen molar-refractivity contribution in [3.8, 4) is 0 Å². The molecule has 1 amide bonds. The molecule has 5 heteroatoms. The number of nitrogens with one attached hydrogen (secondary N) is 1. The standard InChI is InChI=1S/C8H10N2O3/c1-5-2-7(13-10-5)9-8(11)6-3-12-4-6/h2,6H,3-4H2,1H3,(H,9,11). The Balaban J connectivity index is 1.93. The summed E-state index contributed by atoms with van der Waals surface area (Å²) in [5.41, 5.74) is 0.750. The first-order chi connectivity index (χ1) is 6.25. The van der Waals surface area contributed by atoms with Gasteiger partial charge >= 0.3 is 0 Å². The molecule has 13 heavy (non-hydrogen) atoms. The van der Waals surface area contributed by atoms with Crippen molar-refractivity contribution in [1.82, 2.24) is 5.16 Å². The van der Waals surface area contributed by atoms with Crippen molar-refractivity contribution in [2.75, 3.05) is 18.5 Å². The first-order valence-electron chi connectivity index (χ1n) is 4.07. The molecule has 1 aromatic rings. The second kappa shape index (κ2) is 3.18. The number of carbonyl (C=O) groups is 1. The van der Waals surface area contributed by atoms with Crippen LogP contribution in [0.2, 0.25) is 0 Å². The Morgan fingerprint density at radius 1 is 1.69 bits per heavy atom. The number of hydrogen-bond donors (Lipinski definition) is 1. The summed E-state index contributed by atoms with van der Waals surface area (Å²) in [6, 6.07) is 1.68. The summed E-state index contributed by atoms with van der Waals surface area (Å²) in [7, 11) is 0. The lowest BCUT2D eigenvalue weighted by atomic mass is 10.1. The number of hydrogen-bond acceptors (Lipinski definition) is 4. The number of anilines is 1. The molecule has 2 heterocycles. The van der Waals surface area contributed by atoms with Crippen LogP contribution in [0.5, 0.6) is 0 Å². The van der Waals surface area contributed by atoms with Crippen molar-refractivity contribution in [2.45, 2.75) is 6.92 Å². The molecule has 0 unspecified atom stereocenters. The van der Waals surface area contributed by atoms with Gasteiger partial charge in [-0.1, -0.05) is 5.16 Å². The Labute approximate surface area is 75.0 Å². The van der Waals surface area contributed by atoms with Crippen LogP contribution in [0.1, 0.15) is 5.69 Å². The Bertz CT molecular complexity index is 317. The largest absolute Gasteiger partial charge is 0.380 e. The molecule has 0 aliphatic carbocycles. The predicted molar refractivity (Wildman–Crippen MR) is 44.2 cm³/mol. The Kier molecular flexibility index (Phi) is 2.02. The van der Waals surface area contributed by atoms with E-state index < -0.39 is 0 Å². The highest BCUT2D eigenvalue weighted by Gasteiger charge is 2.27. The minimum atomic E-state index is -0.0672. The molecule has 1 N–H and O–H groups in total. The molecule has 1 aliphatic heterocycles. The third-order valence-corrected chi connectivity index (χ3v) is 1.88. The molecule has 1 aromatic heterocycles. The fourth-order valence-corrected chi connectivity index (χ4v) is 1.03. The molecule has 5 nitrogen and oxygen atoms in total. The first kappa shape index (κ1) is 8.25. The van der Waals surface area contributed by atoms with Crippen LogP contribution in [0.15, 0.2) is 10.6 Å². The number of ether oxygens (including phenoxy) is 1. The molecule has 0 spiro atoms. The fraction of sp³-hybridized carbons (Fsp3) is 0.500. The van der Waals surface area contributed by atoms with Crippen LogP contribution in [0.4, 0.5) is 5.88 Å². The third-order valence-electron chi connectivity index (χ3n) is 1.88. The van der Waals surface area contributed by atoms with Gasteiger partial charge in [-0.3, -0.25) is 10.1 Å². The molecule has 1 saturated heterocycles. The number of amides is 1. The number of carbonyl (C=O) groups excluding carboxylic acids is 1. The average molecular weight is 182 g/mol. The summed E-state index contributed by atoms with van der Waals surface area (Å²) in [6.07, 6.45) is 0. The lowest BCUT2D eigenvalue weighted by Gasteiger charge is -2.23. The maximum absolute atomic E-state index is 11.3. The van der Waals surface area contributed by atoms with Gasteiger partial charge in [0.2, 0.25) is 11.8 Å². The Morgan fingerprint density at radius 2 is 2.46 bits per heavy atom. The van der Waals surface area contributed by atoms with Crippen LogP contribution in [0.25, 0.3) is 0 Å². The monoisotopic (exact) mass is 182 g/mol. The van der Waals surface area contributed by atoms with E-state index in [0.717, 1.165) is 5.69 Å². The Hall–Kier alpha value is -1.36. The molecule has 1 fully saturated rings. The SMILES string of the molecule is Cc1cc(NC(=O)C2COC2)on1. The second-order valence-corrected chi connectivity index (χ2v) is 3.06. The van der Waals surface area contributed by atoms with Crippen LogP contribution in [0.3, 0.4) is 0 Å². The molecule has 0 saturated carbocycles. The van der Waals surface area contributed by atoms with Crippen molar-refractivity contribution in [3.05, 3.63) is 11.8 Å². The fourth-order valence-electron chi connectivity index (χ4n) is 1.03. The highest BCUT2D eigenvalue weighted by molar-refractivity contribution is 5.91. The second-order valence-electron chi connectivity index (χ2n) is 3.06. The van der Waals surface area contributed by atoms with Crippen molar-refractivity contribution < 1.29 is 14.1 Å². The lowest BCUT2D eigenvalue weighted by molar-refractivity contribution is -0.133. The molecule has 1 aliphatic rings. The zero-order valence-electron chi connectivity index (χ0n) is 7.24. The van der Waals surface area contributed by atoms with Crippen LogP contribution >= 0.6 is 0 Å². The number of aromatic nitrogens is 1. The topological polar surface area (TPSA) is 64.4 Å². The molecular weight excluding hydrogens is 172 g/mol. The van der Waals surface area contributed by atoms with Gasteiger partial charge in [-0.05, 0) is 6.92 Å². The van der Waals surface area contributed by atoms with Crippen LogP contribution in [-0.4, -0.2) is 24.3 Å². The van der Waals surface area contributed by atoms with Crippen LogP contribution < -0.4 is 5.32 Å². The molecule has 0 radical (unpaired) electrons. The van der Waals surface area contributed by atoms with Gasteiger partial charge in [0.25, 0.3) is 0 Å². The number of rotatable bonds is 2. The maximum atomic E-state index is 11.3. The summed E-state index contributed by atoms with van der Waals surface area (Å²) in [6.45, 7) is 2.80. The first-order valence-corrected chi connectivity index (χ1v) is 4.07. The van der Waals surface area contributed by atoms with Gasteiger partial charge in [0.05, 0.1) is 24.8 Å². The highest BCUT2D eigenvalue weighted by Crippen LogP contribution is 2.14. The van der Waals surface area contributed by atoms with E-state index in [9.17, 15) is 4.79 Å². The summed E-state index contributed by atoms with van der Waals surface area (Å²) in [4.78, 5) is 11.3. The maximum Gasteiger partial charge on any atom is 0.234 e. The summed E-state index contributed by atoms with van der Waals surface area (Å²) in [5, 5.41) is 6.27. The van der Waals surface area contributed by atoms with Gasteiger partial charge in [0.15, 0.2) is 0 Å². The summed E-state index contributed by atoms with van der Waals surface area (Å²) in [5.74, 6) is 0.294. The Morgan fingerprint density at radius 3 is 2.92 bits per heavy atom. The molecule has 2 rings (SSSR count). The van der Waals surface area contributed by atoms with Crippen LogP contribution in [0, 0.1) is 12.8 Å². The minimum Gasteiger partial charge on any atom is -0.380 e. The van der Waals surface area contributed by atoms with Crippen molar-refractivity contribution >= 4 is 11.8 Å². The molecular formula is C8H10N2O3. The van der Waals surface area contributed by atoms with Crippen LogP contribution in [-0.2, 0) is 9.53 Å². The summed E-state index contributed by atoms with van der Waals surface area (Å²) >= 11 is 0. The van der Waals surface area contributed by atoms with Gasteiger partial charge in [-0.25, -0.2) is 0 Å². The lowest BCUT2D eigenvalue weighted by Crippen LogP contribution is -2.38. The van der Waals surface area contributed by atoms with E-state index >= 15 is 0 Å². The van der Waals surface area contributed by atoms with Gasteiger partial charge in [0, 0.05) is 6.07 Å². The zero-order chi connectivity index (χ0) is 9.26. The zero-order valence-corrected chi connectivity index (χ0v) is 7.24. The smallest absolute Gasteiger partial charge is 0.234 e. The summed E-state index contributed by atoms with van der Waals surface area (Å²) < 4.78 is 9.72. The predicted octanol–water partition coefficient (Wildman–Crippen LogP) is 0.568. The van der Waals surface area contributed by atoms with Gasteiger partial charge < -0.3 is 9.26 Å². The van der Waals surface area contributed by atoms with Gasteiger partial charge in [-0.2, -0.15) is 0 Å². The van der Waals surface area contributed by atoms with Gasteiger partial charge in [-0.15, -0.1) is 0 Å². The third kappa shape index (κ3) is 1.70. The van der Waals surface area contributed by atoms with E-state index in [4.69, 9.17) is 9.26 Å². The van der Waals surface area contributed by atoms with Crippen molar-refractivity contribution in [3.63, 3.8) is 0 Å². The van der Waals surface area contributed by atoms with E-state index in [0.29, 0.717) is 19.1 Å². The molecule has 0 bridgehead atoms. The molecule has 0 aromatic carbocycles. The number of aryl methyl sites for hydroxylation is 1. The highest BCUT2D eigenvalue weighted by atomic mass is 16.5. The molecule has 70 valence electrons. The van der Waals surface area contributed by atoms with Crippen molar-refractivity contribution in [1.29, 1.82) is 0 Å². The van der Waals surface area contributed by atoms with E-state index in [1.807, 2.05) is 0 Å². The quantitative estimate of drug-likeness (QED) is 0.726. The normalized spacial score (nSPS) is 16.7. The number of nitrogens with zero attached hydrogens (tertiary/aromatic N) is 1. The average Bonchev–Trinajstić information content (AvgIpc) is 2.31. The minimum absolute atomic E-state index is 0.0367. The van der Waals surface area contributed by atoms with E-state index in [1.165, 1.54) is 0 Å². The molecule has 0 atom stereocenters. The van der Waals surface area contributed by atoms with Crippen molar-refractivity contribution in [2.24, 2.45) is 5.92 Å². The van der Waals surface area contributed by atoms with E-state index in [1.54, 1.807) is 13.0 Å².